The lowest BCUT2D eigenvalue weighted by molar-refractivity contribution is 0.102. The van der Waals surface area contributed by atoms with E-state index in [2.05, 4.69) is 25.2 Å². The van der Waals surface area contributed by atoms with Crippen LogP contribution in [0.15, 0.2) is 54.2 Å². The predicted molar refractivity (Wildman–Crippen MR) is 121 cm³/mol. The van der Waals surface area contributed by atoms with Crippen LogP contribution in [-0.2, 0) is 0 Å². The van der Waals surface area contributed by atoms with Crippen LogP contribution in [0.5, 0.6) is 0 Å². The van der Waals surface area contributed by atoms with Gasteiger partial charge in [0, 0.05) is 47.9 Å². The summed E-state index contributed by atoms with van der Waals surface area (Å²) in [5, 5.41) is 6.61. The molecule has 1 fully saturated rings. The van der Waals surface area contributed by atoms with E-state index in [1.54, 1.807) is 11.6 Å². The second-order valence-corrected chi connectivity index (χ2v) is 8.33. The van der Waals surface area contributed by atoms with E-state index in [4.69, 9.17) is 5.73 Å². The van der Waals surface area contributed by atoms with Crippen LogP contribution in [0.25, 0.3) is 21.6 Å². The van der Waals surface area contributed by atoms with Crippen LogP contribution in [0, 0.1) is 0 Å². The van der Waals surface area contributed by atoms with Gasteiger partial charge in [0.1, 0.15) is 16.3 Å². The second-order valence-electron chi connectivity index (χ2n) is 7.47. The Morgan fingerprint density at radius 3 is 2.93 bits per heavy atom. The van der Waals surface area contributed by atoms with Gasteiger partial charge in [-0.2, -0.15) is 0 Å². The zero-order chi connectivity index (χ0) is 20.5. The number of amides is 1. The molecule has 7 nitrogen and oxygen atoms in total. The molecule has 0 bridgehead atoms. The molecule has 4 heterocycles. The fourth-order valence-corrected chi connectivity index (χ4v) is 4.53. The number of carbonyl (C=O) groups excluding carboxylic acids is 1. The molecule has 1 saturated heterocycles. The van der Waals surface area contributed by atoms with Gasteiger partial charge in [0.05, 0.1) is 11.4 Å². The quantitative estimate of drug-likeness (QED) is 0.467. The third-order valence-electron chi connectivity index (χ3n) is 5.42. The minimum absolute atomic E-state index is 0.214. The van der Waals surface area contributed by atoms with E-state index in [-0.39, 0.29) is 11.9 Å². The SMILES string of the molecule is NC1CCN(c2ccccc2NC(=O)c2csc(-c3cnc4[nH]ccc4c3)n2)CC1. The van der Waals surface area contributed by atoms with Gasteiger partial charge in [-0.1, -0.05) is 12.1 Å². The number of nitrogens with zero attached hydrogens (tertiary/aromatic N) is 3. The van der Waals surface area contributed by atoms with Crippen LogP contribution in [0.1, 0.15) is 23.3 Å². The van der Waals surface area contributed by atoms with Crippen LogP contribution in [-0.4, -0.2) is 40.0 Å². The number of anilines is 2. The molecular weight excluding hydrogens is 396 g/mol. The van der Waals surface area contributed by atoms with Crippen molar-refractivity contribution in [1.82, 2.24) is 15.0 Å². The third-order valence-corrected chi connectivity index (χ3v) is 6.31. The number of fused-ring (bicyclic) bond motifs is 1. The van der Waals surface area contributed by atoms with E-state index < -0.39 is 0 Å². The summed E-state index contributed by atoms with van der Waals surface area (Å²) in [7, 11) is 0. The molecule has 1 aliphatic rings. The molecule has 0 aliphatic carbocycles. The molecule has 30 heavy (non-hydrogen) atoms. The number of aromatic nitrogens is 3. The smallest absolute Gasteiger partial charge is 0.275 e. The topological polar surface area (TPSA) is 99.9 Å². The van der Waals surface area contributed by atoms with Crippen LogP contribution in [0.4, 0.5) is 11.4 Å². The van der Waals surface area contributed by atoms with E-state index in [1.165, 1.54) is 11.3 Å². The van der Waals surface area contributed by atoms with Crippen LogP contribution in [0.3, 0.4) is 0 Å². The summed E-state index contributed by atoms with van der Waals surface area (Å²) >= 11 is 1.44. The number of pyridine rings is 1. The molecule has 4 aromatic rings. The van der Waals surface area contributed by atoms with E-state index >= 15 is 0 Å². The Balaban J connectivity index is 1.35. The Hall–Kier alpha value is -3.23. The number of thiazole rings is 1. The van der Waals surface area contributed by atoms with Crippen molar-refractivity contribution in [2.75, 3.05) is 23.3 Å². The van der Waals surface area contributed by atoms with Gasteiger partial charge in [0.2, 0.25) is 0 Å². The highest BCUT2D eigenvalue weighted by atomic mass is 32.1. The Kier molecular flexibility index (Phi) is 4.94. The van der Waals surface area contributed by atoms with Crippen molar-refractivity contribution in [3.8, 4) is 10.6 Å². The molecule has 0 radical (unpaired) electrons. The standard InChI is InChI=1S/C22H22N6OS/c23-16-6-9-28(10-7-16)19-4-2-1-3-17(19)26-21(29)18-13-30-22(27-18)15-11-14-5-8-24-20(14)25-12-15/h1-5,8,11-13,16H,6-7,9-10,23H2,(H,24,25)(H,26,29). The summed E-state index contributed by atoms with van der Waals surface area (Å²) in [5.74, 6) is -0.214. The molecular formula is C22H22N6OS. The van der Waals surface area contributed by atoms with Gasteiger partial charge >= 0.3 is 0 Å². The van der Waals surface area contributed by atoms with Crippen molar-refractivity contribution in [2.45, 2.75) is 18.9 Å². The maximum atomic E-state index is 12.9. The Labute approximate surface area is 178 Å². The van der Waals surface area contributed by atoms with Crippen LogP contribution < -0.4 is 16.0 Å². The lowest BCUT2D eigenvalue weighted by atomic mass is 10.0. The molecule has 5 rings (SSSR count). The number of rotatable bonds is 4. The van der Waals surface area contributed by atoms with Gasteiger partial charge in [-0.25, -0.2) is 9.97 Å². The Morgan fingerprint density at radius 1 is 1.23 bits per heavy atom. The van der Waals surface area contributed by atoms with E-state index in [1.807, 2.05) is 42.6 Å². The second kappa shape index (κ2) is 7.89. The van der Waals surface area contributed by atoms with Crippen molar-refractivity contribution in [1.29, 1.82) is 0 Å². The van der Waals surface area contributed by atoms with Gasteiger partial charge in [-0.15, -0.1) is 11.3 Å². The largest absolute Gasteiger partial charge is 0.370 e. The van der Waals surface area contributed by atoms with Crippen LogP contribution >= 0.6 is 11.3 Å². The molecule has 1 aromatic carbocycles. The molecule has 0 unspecified atom stereocenters. The summed E-state index contributed by atoms with van der Waals surface area (Å²) in [4.78, 5) is 27.2. The molecule has 0 saturated carbocycles. The summed E-state index contributed by atoms with van der Waals surface area (Å²) < 4.78 is 0. The molecule has 3 aromatic heterocycles. The van der Waals surface area contributed by atoms with Crippen LogP contribution in [0.2, 0.25) is 0 Å². The molecule has 1 aliphatic heterocycles. The number of aromatic amines is 1. The van der Waals surface area contributed by atoms with Crippen molar-refractivity contribution in [2.24, 2.45) is 5.73 Å². The highest BCUT2D eigenvalue weighted by Crippen LogP contribution is 2.30. The number of H-pyrrole nitrogens is 1. The molecule has 4 N–H and O–H groups in total. The monoisotopic (exact) mass is 418 g/mol. The van der Waals surface area contributed by atoms with Gasteiger partial charge in [0.15, 0.2) is 0 Å². The van der Waals surface area contributed by atoms with Crippen molar-refractivity contribution < 1.29 is 4.79 Å². The molecule has 0 atom stereocenters. The molecule has 8 heteroatoms. The van der Waals surface area contributed by atoms with Gasteiger partial charge in [-0.3, -0.25) is 4.79 Å². The summed E-state index contributed by atoms with van der Waals surface area (Å²) in [6.45, 7) is 1.78. The normalized spacial score (nSPS) is 14.9. The first kappa shape index (κ1) is 18.8. The highest BCUT2D eigenvalue weighted by molar-refractivity contribution is 7.13. The number of hydrogen-bond acceptors (Lipinski definition) is 6. The number of nitrogens with one attached hydrogen (secondary N) is 2. The minimum Gasteiger partial charge on any atom is -0.370 e. The number of para-hydroxylation sites is 2. The number of carbonyl (C=O) groups is 1. The van der Waals surface area contributed by atoms with E-state index in [0.29, 0.717) is 5.69 Å². The zero-order valence-corrected chi connectivity index (χ0v) is 17.2. The number of benzene rings is 1. The lowest BCUT2D eigenvalue weighted by Crippen LogP contribution is -2.40. The maximum Gasteiger partial charge on any atom is 0.275 e. The average Bonchev–Trinajstić information content (AvgIpc) is 3.44. The van der Waals surface area contributed by atoms with Gasteiger partial charge < -0.3 is 20.9 Å². The summed E-state index contributed by atoms with van der Waals surface area (Å²) in [5.41, 5.74) is 9.99. The average molecular weight is 419 g/mol. The molecule has 152 valence electrons. The Morgan fingerprint density at radius 2 is 2.07 bits per heavy atom. The predicted octanol–water partition coefficient (Wildman–Crippen LogP) is 3.87. The minimum atomic E-state index is -0.214. The van der Waals surface area contributed by atoms with E-state index in [0.717, 1.165) is 58.9 Å². The van der Waals surface area contributed by atoms with Gasteiger partial charge in [0.25, 0.3) is 5.91 Å². The van der Waals surface area contributed by atoms with Crippen molar-refractivity contribution in [3.63, 3.8) is 0 Å². The van der Waals surface area contributed by atoms with E-state index in [9.17, 15) is 4.79 Å². The third kappa shape index (κ3) is 3.67. The van der Waals surface area contributed by atoms with Crippen molar-refractivity contribution >= 4 is 39.7 Å². The van der Waals surface area contributed by atoms with Crippen molar-refractivity contribution in [3.05, 3.63) is 59.9 Å². The zero-order valence-electron chi connectivity index (χ0n) is 16.3. The fourth-order valence-electron chi connectivity index (χ4n) is 3.75. The maximum absolute atomic E-state index is 12.9. The first-order valence-electron chi connectivity index (χ1n) is 9.97. The first-order valence-corrected chi connectivity index (χ1v) is 10.9. The lowest BCUT2D eigenvalue weighted by Gasteiger charge is -2.33. The molecule has 0 spiro atoms. The fraction of sp³-hybridized carbons (Fsp3) is 0.227. The highest BCUT2D eigenvalue weighted by Gasteiger charge is 2.20. The number of nitrogens with two attached hydrogens (primary N) is 1. The first-order chi connectivity index (χ1) is 14.7. The Bertz CT molecular complexity index is 1190. The number of piperidine rings is 1. The van der Waals surface area contributed by atoms with Gasteiger partial charge in [-0.05, 0) is 37.1 Å². The summed E-state index contributed by atoms with van der Waals surface area (Å²) in [6.07, 6.45) is 5.54. The number of hydrogen-bond donors (Lipinski definition) is 3. The summed E-state index contributed by atoms with van der Waals surface area (Å²) in [6, 6.07) is 12.1. The molecule has 1 amide bonds.